The van der Waals surface area contributed by atoms with Gasteiger partial charge in [0, 0.05) is 19.0 Å². The van der Waals surface area contributed by atoms with E-state index in [4.69, 9.17) is 5.11 Å². The van der Waals surface area contributed by atoms with Crippen LogP contribution >= 0.6 is 0 Å². The molecule has 1 aromatic carbocycles. The standard InChI is InChI=1S/C25H33N7O3/c1-16-27-22-7-2-17(12-23(22)28-16)13-26-24(33)18-3-5-21(6-4-18)32-15-20(29-30-32)14-31-10-8-19(9-11-31)25(34)35/h2,7,12,15,18-19,21H,3-6,8-11,13-14H2,1H3,(H,26,33)(H,27,28)(H,34,35). The van der Waals surface area contributed by atoms with E-state index in [0.717, 1.165) is 66.9 Å². The lowest BCUT2D eigenvalue weighted by Gasteiger charge is -2.29. The molecule has 2 fully saturated rings. The van der Waals surface area contributed by atoms with Crippen molar-refractivity contribution in [3.05, 3.63) is 41.5 Å². The quantitative estimate of drug-likeness (QED) is 0.475. The van der Waals surface area contributed by atoms with E-state index in [9.17, 15) is 9.59 Å². The number of carboxylic acid groups (broad SMARTS) is 1. The highest BCUT2D eigenvalue weighted by molar-refractivity contribution is 5.79. The number of carbonyl (C=O) groups is 2. The molecule has 1 saturated carbocycles. The van der Waals surface area contributed by atoms with Crippen molar-refractivity contribution in [3.8, 4) is 0 Å². The number of aliphatic carboxylic acids is 1. The summed E-state index contributed by atoms with van der Waals surface area (Å²) in [7, 11) is 0. The highest BCUT2D eigenvalue weighted by Gasteiger charge is 2.28. The van der Waals surface area contributed by atoms with Crippen LogP contribution in [0.25, 0.3) is 11.0 Å². The van der Waals surface area contributed by atoms with E-state index in [-0.39, 0.29) is 23.8 Å². The maximum atomic E-state index is 12.8. The lowest BCUT2D eigenvalue weighted by molar-refractivity contribution is -0.143. The molecule has 0 unspecified atom stereocenters. The van der Waals surface area contributed by atoms with Gasteiger partial charge in [-0.3, -0.25) is 14.5 Å². The molecule has 0 radical (unpaired) electrons. The molecule has 1 amide bonds. The number of aromatic amines is 1. The normalized spacial score (nSPS) is 21.9. The number of piperidine rings is 1. The Morgan fingerprint density at radius 2 is 1.89 bits per heavy atom. The minimum atomic E-state index is -0.689. The predicted molar refractivity (Wildman–Crippen MR) is 129 cm³/mol. The van der Waals surface area contributed by atoms with E-state index in [2.05, 4.69) is 30.5 Å². The van der Waals surface area contributed by atoms with Crippen LogP contribution in [0.5, 0.6) is 0 Å². The minimum absolute atomic E-state index is 0.0305. The summed E-state index contributed by atoms with van der Waals surface area (Å²) in [5, 5.41) is 21.0. The van der Waals surface area contributed by atoms with Crippen molar-refractivity contribution in [2.45, 2.75) is 64.6 Å². The Hall–Kier alpha value is -3.27. The molecular formula is C25H33N7O3. The summed E-state index contributed by atoms with van der Waals surface area (Å²) in [5.74, 6) is 0.123. The van der Waals surface area contributed by atoms with E-state index >= 15 is 0 Å². The van der Waals surface area contributed by atoms with Gasteiger partial charge in [-0.2, -0.15) is 0 Å². The Labute approximate surface area is 204 Å². The van der Waals surface area contributed by atoms with E-state index < -0.39 is 5.97 Å². The van der Waals surface area contributed by atoms with Crippen molar-refractivity contribution in [1.29, 1.82) is 0 Å². The molecule has 2 aromatic heterocycles. The fourth-order valence-corrected chi connectivity index (χ4v) is 5.36. The van der Waals surface area contributed by atoms with Crippen LogP contribution in [-0.2, 0) is 22.7 Å². The summed E-state index contributed by atoms with van der Waals surface area (Å²) in [4.78, 5) is 33.8. The largest absolute Gasteiger partial charge is 0.481 e. The number of imidazole rings is 1. The monoisotopic (exact) mass is 479 g/mol. The number of carbonyl (C=O) groups excluding carboxylic acids is 1. The zero-order chi connectivity index (χ0) is 24.4. The Balaban J connectivity index is 1.07. The van der Waals surface area contributed by atoms with Crippen LogP contribution in [0.1, 0.15) is 61.6 Å². The number of carboxylic acids is 1. The number of benzene rings is 1. The summed E-state index contributed by atoms with van der Waals surface area (Å²) in [6, 6.07) is 6.30. The van der Waals surface area contributed by atoms with Crippen molar-refractivity contribution >= 4 is 22.9 Å². The van der Waals surface area contributed by atoms with Crippen LogP contribution in [0, 0.1) is 18.8 Å². The highest BCUT2D eigenvalue weighted by atomic mass is 16.4. The van der Waals surface area contributed by atoms with Gasteiger partial charge in [0.15, 0.2) is 0 Å². The van der Waals surface area contributed by atoms with Crippen molar-refractivity contribution in [2.75, 3.05) is 13.1 Å². The predicted octanol–water partition coefficient (Wildman–Crippen LogP) is 2.81. The molecule has 1 aliphatic heterocycles. The smallest absolute Gasteiger partial charge is 0.306 e. The number of aryl methyl sites for hydroxylation is 1. The lowest BCUT2D eigenvalue weighted by atomic mass is 9.85. The highest BCUT2D eigenvalue weighted by Crippen LogP contribution is 2.32. The lowest BCUT2D eigenvalue weighted by Crippen LogP contribution is -2.35. The van der Waals surface area contributed by atoms with Crippen LogP contribution in [0.2, 0.25) is 0 Å². The molecule has 2 aliphatic rings. The Kier molecular flexibility index (Phi) is 6.81. The van der Waals surface area contributed by atoms with Gasteiger partial charge in [-0.1, -0.05) is 11.3 Å². The van der Waals surface area contributed by atoms with Gasteiger partial charge >= 0.3 is 5.97 Å². The van der Waals surface area contributed by atoms with Crippen LogP contribution in [0.15, 0.2) is 24.4 Å². The van der Waals surface area contributed by atoms with Gasteiger partial charge in [0.05, 0.1) is 34.9 Å². The maximum absolute atomic E-state index is 12.8. The van der Waals surface area contributed by atoms with Gasteiger partial charge < -0.3 is 15.4 Å². The Morgan fingerprint density at radius 1 is 1.11 bits per heavy atom. The molecule has 3 heterocycles. The summed E-state index contributed by atoms with van der Waals surface area (Å²) in [6.07, 6.45) is 6.89. The van der Waals surface area contributed by atoms with E-state index in [1.54, 1.807) is 0 Å². The van der Waals surface area contributed by atoms with Gasteiger partial charge in [0.2, 0.25) is 5.91 Å². The second-order valence-electron chi connectivity index (χ2n) is 9.98. The first-order valence-corrected chi connectivity index (χ1v) is 12.5. The third-order valence-electron chi connectivity index (χ3n) is 7.45. The maximum Gasteiger partial charge on any atom is 0.306 e. The third-order valence-corrected chi connectivity index (χ3v) is 7.45. The van der Waals surface area contributed by atoms with Crippen molar-refractivity contribution < 1.29 is 14.7 Å². The zero-order valence-corrected chi connectivity index (χ0v) is 20.1. The molecule has 1 saturated heterocycles. The molecule has 5 rings (SSSR count). The number of fused-ring (bicyclic) bond motifs is 1. The molecule has 1 aliphatic carbocycles. The first kappa shape index (κ1) is 23.5. The van der Waals surface area contributed by atoms with E-state index in [1.165, 1.54) is 0 Å². The number of H-pyrrole nitrogens is 1. The van der Waals surface area contributed by atoms with Gasteiger partial charge in [-0.25, -0.2) is 9.67 Å². The topological polar surface area (TPSA) is 129 Å². The van der Waals surface area contributed by atoms with E-state index in [0.29, 0.717) is 25.9 Å². The minimum Gasteiger partial charge on any atom is -0.481 e. The molecule has 3 aromatic rings. The third kappa shape index (κ3) is 5.53. The summed E-state index contributed by atoms with van der Waals surface area (Å²) < 4.78 is 1.95. The first-order chi connectivity index (χ1) is 16.9. The van der Waals surface area contributed by atoms with Gasteiger partial charge in [0.25, 0.3) is 0 Å². The van der Waals surface area contributed by atoms with Crippen LogP contribution in [0.3, 0.4) is 0 Å². The molecule has 3 N–H and O–H groups in total. The number of likely N-dealkylation sites (tertiary alicyclic amines) is 1. The van der Waals surface area contributed by atoms with Crippen molar-refractivity contribution in [2.24, 2.45) is 11.8 Å². The van der Waals surface area contributed by atoms with Gasteiger partial charge in [-0.15, -0.1) is 5.10 Å². The number of amides is 1. The fourth-order valence-electron chi connectivity index (χ4n) is 5.36. The van der Waals surface area contributed by atoms with E-state index in [1.807, 2.05) is 36.0 Å². The number of hydrogen-bond acceptors (Lipinski definition) is 6. The second kappa shape index (κ2) is 10.2. The summed E-state index contributed by atoms with van der Waals surface area (Å²) in [5.41, 5.74) is 3.91. The van der Waals surface area contributed by atoms with Crippen LogP contribution in [-0.4, -0.2) is 59.9 Å². The summed E-state index contributed by atoms with van der Waals surface area (Å²) >= 11 is 0. The van der Waals surface area contributed by atoms with Gasteiger partial charge in [0.1, 0.15) is 5.82 Å². The van der Waals surface area contributed by atoms with Gasteiger partial charge in [-0.05, 0) is 76.2 Å². The second-order valence-corrected chi connectivity index (χ2v) is 9.98. The van der Waals surface area contributed by atoms with Crippen LogP contribution < -0.4 is 5.32 Å². The molecule has 0 atom stereocenters. The molecule has 10 nitrogen and oxygen atoms in total. The Morgan fingerprint density at radius 3 is 2.63 bits per heavy atom. The van der Waals surface area contributed by atoms with Crippen molar-refractivity contribution in [1.82, 2.24) is 35.2 Å². The molecule has 186 valence electrons. The Bertz CT molecular complexity index is 1190. The SMILES string of the molecule is Cc1nc2ccc(CNC(=O)C3CCC(n4cc(CN5CCC(C(=O)O)CC5)nn4)CC3)cc2[nH]1. The molecule has 0 bridgehead atoms. The average Bonchev–Trinajstić information content (AvgIpc) is 3.48. The van der Waals surface area contributed by atoms with Crippen LogP contribution in [0.4, 0.5) is 0 Å². The number of nitrogens with one attached hydrogen (secondary N) is 2. The number of hydrogen-bond donors (Lipinski definition) is 3. The molecule has 0 spiro atoms. The number of rotatable bonds is 7. The zero-order valence-electron chi connectivity index (χ0n) is 20.1. The summed E-state index contributed by atoms with van der Waals surface area (Å²) in [6.45, 7) is 4.71. The molecular weight excluding hydrogens is 446 g/mol. The molecule has 10 heteroatoms. The first-order valence-electron chi connectivity index (χ1n) is 12.5. The average molecular weight is 480 g/mol. The number of aromatic nitrogens is 5. The number of nitrogens with zero attached hydrogens (tertiary/aromatic N) is 5. The van der Waals surface area contributed by atoms with Crippen molar-refractivity contribution in [3.63, 3.8) is 0 Å². The fraction of sp³-hybridized carbons (Fsp3) is 0.560. The molecule has 35 heavy (non-hydrogen) atoms.